The Morgan fingerprint density at radius 1 is 1.43 bits per heavy atom. The number of halogens is 1. The summed E-state index contributed by atoms with van der Waals surface area (Å²) in [7, 11) is 0. The third-order valence-electron chi connectivity index (χ3n) is 2.08. The zero-order valence-corrected chi connectivity index (χ0v) is 9.50. The molecule has 0 aromatic heterocycles. The van der Waals surface area contributed by atoms with Gasteiger partial charge in [-0.05, 0) is 31.0 Å². The molecule has 3 nitrogen and oxygen atoms in total. The lowest BCUT2D eigenvalue weighted by Gasteiger charge is -2.08. The first-order valence-electron chi connectivity index (χ1n) is 4.50. The smallest absolute Gasteiger partial charge is 0.231 e. The number of rotatable bonds is 2. The van der Waals surface area contributed by atoms with Crippen LogP contribution >= 0.6 is 15.9 Å². The first-order valence-corrected chi connectivity index (χ1v) is 5.29. The van der Waals surface area contributed by atoms with Gasteiger partial charge in [-0.25, -0.2) is 0 Å². The van der Waals surface area contributed by atoms with Crippen molar-refractivity contribution in [2.24, 2.45) is 5.73 Å². The van der Waals surface area contributed by atoms with Crippen molar-refractivity contribution in [2.45, 2.75) is 19.4 Å². The maximum Gasteiger partial charge on any atom is 0.231 e. The zero-order valence-electron chi connectivity index (χ0n) is 7.92. The highest BCUT2D eigenvalue weighted by atomic mass is 79.9. The molecule has 0 spiro atoms. The van der Waals surface area contributed by atoms with E-state index in [1.807, 2.05) is 19.1 Å². The molecule has 0 aliphatic carbocycles. The molecular weight excluding hydrogens is 246 g/mol. The molecule has 4 heteroatoms. The molecule has 1 aromatic carbocycles. The normalized spacial score (nSPS) is 15.6. The molecule has 0 saturated carbocycles. The summed E-state index contributed by atoms with van der Waals surface area (Å²) in [5, 5.41) is 0. The Morgan fingerprint density at radius 3 is 2.71 bits per heavy atom. The fourth-order valence-corrected chi connectivity index (χ4v) is 1.95. The Balaban J connectivity index is 2.32. The van der Waals surface area contributed by atoms with Crippen LogP contribution in [-0.4, -0.2) is 12.8 Å². The highest BCUT2D eigenvalue weighted by molar-refractivity contribution is 9.10. The van der Waals surface area contributed by atoms with Gasteiger partial charge in [0.25, 0.3) is 0 Å². The van der Waals surface area contributed by atoms with Crippen molar-refractivity contribution in [3.05, 3.63) is 22.2 Å². The Kier molecular flexibility index (Phi) is 2.65. The average Bonchev–Trinajstić information content (AvgIpc) is 2.51. The standard InChI is InChI=1S/C10H12BrNO2/c1-6(12)2-7-3-9-10(4-8(7)11)14-5-13-9/h3-4,6H,2,5,12H2,1H3/t6-/m1/s1. The lowest BCUT2D eigenvalue weighted by molar-refractivity contribution is 0.174. The number of ether oxygens (including phenoxy) is 2. The number of hydrogen-bond donors (Lipinski definition) is 1. The van der Waals surface area contributed by atoms with Crippen LogP contribution in [0.2, 0.25) is 0 Å². The van der Waals surface area contributed by atoms with Gasteiger partial charge < -0.3 is 15.2 Å². The van der Waals surface area contributed by atoms with Crippen molar-refractivity contribution < 1.29 is 9.47 Å². The van der Waals surface area contributed by atoms with Gasteiger partial charge in [0.2, 0.25) is 6.79 Å². The van der Waals surface area contributed by atoms with Gasteiger partial charge in [-0.1, -0.05) is 15.9 Å². The highest BCUT2D eigenvalue weighted by Gasteiger charge is 2.16. The van der Waals surface area contributed by atoms with Gasteiger partial charge in [0.05, 0.1) is 0 Å². The van der Waals surface area contributed by atoms with Gasteiger partial charge in [0.15, 0.2) is 11.5 Å². The van der Waals surface area contributed by atoms with Crippen LogP contribution < -0.4 is 15.2 Å². The summed E-state index contributed by atoms with van der Waals surface area (Å²) in [5.41, 5.74) is 6.90. The third kappa shape index (κ3) is 1.86. The van der Waals surface area contributed by atoms with Crippen LogP contribution in [0.15, 0.2) is 16.6 Å². The summed E-state index contributed by atoms with van der Waals surface area (Å²) < 4.78 is 11.6. The van der Waals surface area contributed by atoms with E-state index in [0.29, 0.717) is 6.79 Å². The van der Waals surface area contributed by atoms with E-state index in [1.165, 1.54) is 0 Å². The van der Waals surface area contributed by atoms with E-state index < -0.39 is 0 Å². The number of benzene rings is 1. The van der Waals surface area contributed by atoms with Crippen molar-refractivity contribution in [1.29, 1.82) is 0 Å². The van der Waals surface area contributed by atoms with Crippen LogP contribution in [-0.2, 0) is 6.42 Å². The van der Waals surface area contributed by atoms with Crippen molar-refractivity contribution in [2.75, 3.05) is 6.79 Å². The molecule has 2 N–H and O–H groups in total. The molecule has 2 rings (SSSR count). The van der Waals surface area contributed by atoms with E-state index in [4.69, 9.17) is 15.2 Å². The summed E-state index contributed by atoms with van der Waals surface area (Å²) in [6.45, 7) is 2.29. The molecule has 1 aliphatic rings. The van der Waals surface area contributed by atoms with Crippen LogP contribution in [0.3, 0.4) is 0 Å². The van der Waals surface area contributed by atoms with Crippen LogP contribution in [0.4, 0.5) is 0 Å². The minimum absolute atomic E-state index is 0.145. The van der Waals surface area contributed by atoms with Gasteiger partial charge in [-0.3, -0.25) is 0 Å². The molecule has 1 aromatic rings. The van der Waals surface area contributed by atoms with Crippen LogP contribution in [0.1, 0.15) is 12.5 Å². The molecule has 0 amide bonds. The second-order valence-electron chi connectivity index (χ2n) is 3.48. The molecule has 0 saturated heterocycles. The lowest BCUT2D eigenvalue weighted by Crippen LogP contribution is -2.17. The molecule has 0 unspecified atom stereocenters. The second-order valence-corrected chi connectivity index (χ2v) is 4.33. The second kappa shape index (κ2) is 3.79. The maximum atomic E-state index is 5.75. The Labute approximate surface area is 91.3 Å². The molecule has 76 valence electrons. The molecule has 1 heterocycles. The van der Waals surface area contributed by atoms with E-state index in [2.05, 4.69) is 15.9 Å². The van der Waals surface area contributed by atoms with Crippen LogP contribution in [0.25, 0.3) is 0 Å². The van der Waals surface area contributed by atoms with E-state index >= 15 is 0 Å². The highest BCUT2D eigenvalue weighted by Crippen LogP contribution is 2.37. The SMILES string of the molecule is C[C@@H](N)Cc1cc2c(cc1Br)OCO2. The van der Waals surface area contributed by atoms with Crippen LogP contribution in [0, 0.1) is 0 Å². The number of nitrogens with two attached hydrogens (primary N) is 1. The molecule has 14 heavy (non-hydrogen) atoms. The summed E-state index contributed by atoms with van der Waals surface area (Å²) in [6.07, 6.45) is 0.831. The predicted octanol–water partition coefficient (Wildman–Crippen LogP) is 2.07. The van der Waals surface area contributed by atoms with Crippen molar-refractivity contribution in [3.8, 4) is 11.5 Å². The van der Waals surface area contributed by atoms with Crippen molar-refractivity contribution >= 4 is 15.9 Å². The van der Waals surface area contributed by atoms with Gasteiger partial charge in [0, 0.05) is 10.5 Å². The monoisotopic (exact) mass is 257 g/mol. The Hall–Kier alpha value is -0.740. The van der Waals surface area contributed by atoms with Crippen molar-refractivity contribution in [3.63, 3.8) is 0 Å². The van der Waals surface area contributed by atoms with Gasteiger partial charge in [0.1, 0.15) is 0 Å². The third-order valence-corrected chi connectivity index (χ3v) is 2.82. The lowest BCUT2D eigenvalue weighted by atomic mass is 10.1. The van der Waals surface area contributed by atoms with Gasteiger partial charge in [-0.15, -0.1) is 0 Å². The topological polar surface area (TPSA) is 44.5 Å². The van der Waals surface area contributed by atoms with E-state index in [0.717, 1.165) is 28.0 Å². The van der Waals surface area contributed by atoms with E-state index in [1.54, 1.807) is 0 Å². The Morgan fingerprint density at radius 2 is 2.07 bits per heavy atom. The van der Waals surface area contributed by atoms with Crippen LogP contribution in [0.5, 0.6) is 11.5 Å². The molecule has 0 bridgehead atoms. The number of fused-ring (bicyclic) bond motifs is 1. The minimum Gasteiger partial charge on any atom is -0.454 e. The first kappa shape index (κ1) is 9.80. The maximum absolute atomic E-state index is 5.75. The molecule has 1 aliphatic heterocycles. The van der Waals surface area contributed by atoms with Gasteiger partial charge >= 0.3 is 0 Å². The summed E-state index contributed by atoms with van der Waals surface area (Å²) in [4.78, 5) is 0. The van der Waals surface area contributed by atoms with Gasteiger partial charge in [-0.2, -0.15) is 0 Å². The minimum atomic E-state index is 0.145. The summed E-state index contributed by atoms with van der Waals surface area (Å²) >= 11 is 3.49. The molecule has 0 radical (unpaired) electrons. The van der Waals surface area contributed by atoms with Crippen molar-refractivity contribution in [1.82, 2.24) is 0 Å². The fourth-order valence-electron chi connectivity index (χ4n) is 1.46. The summed E-state index contributed by atoms with van der Waals surface area (Å²) in [6, 6.07) is 4.06. The Bertz CT molecular complexity index is 352. The summed E-state index contributed by atoms with van der Waals surface area (Å²) in [5.74, 6) is 1.61. The quantitative estimate of drug-likeness (QED) is 0.883. The molecule has 1 atom stereocenters. The molecule has 0 fully saturated rings. The predicted molar refractivity (Wildman–Crippen MR) is 57.6 cm³/mol. The number of hydrogen-bond acceptors (Lipinski definition) is 3. The van der Waals surface area contributed by atoms with E-state index in [-0.39, 0.29) is 6.04 Å². The molecular formula is C10H12BrNO2. The largest absolute Gasteiger partial charge is 0.454 e. The zero-order chi connectivity index (χ0) is 10.1. The van der Waals surface area contributed by atoms with E-state index in [9.17, 15) is 0 Å². The average molecular weight is 258 g/mol. The first-order chi connectivity index (χ1) is 6.66. The fraction of sp³-hybridized carbons (Fsp3) is 0.400.